The molecule has 5 heteroatoms. The van der Waals surface area contributed by atoms with Crippen LogP contribution in [-0.4, -0.2) is 30.3 Å². The molecule has 3 nitrogen and oxygen atoms in total. The molecule has 0 N–H and O–H groups in total. The molecule has 0 fully saturated rings. The minimum absolute atomic E-state index is 0.0547. The number of ether oxygens (including phenoxy) is 1. The smallest absolute Gasteiger partial charge is 0.230 e. The second kappa shape index (κ2) is 6.77. The lowest BCUT2D eigenvalue weighted by atomic mass is 9.88. The molecular formula is C19H22ClNO2S. The number of carbonyl (C=O) groups excluding carboxylic acids is 1. The van der Waals surface area contributed by atoms with Gasteiger partial charge in [0.25, 0.3) is 0 Å². The van der Waals surface area contributed by atoms with E-state index in [1.165, 1.54) is 10.4 Å². The number of hydrogen-bond donors (Lipinski definition) is 0. The number of hydrogen-bond acceptors (Lipinski definition) is 3. The van der Waals surface area contributed by atoms with Gasteiger partial charge in [0.1, 0.15) is 5.75 Å². The highest BCUT2D eigenvalue weighted by molar-refractivity contribution is 7.10. The van der Waals surface area contributed by atoms with E-state index in [2.05, 4.69) is 11.4 Å². The summed E-state index contributed by atoms with van der Waals surface area (Å²) in [6, 6.07) is 10.1. The van der Waals surface area contributed by atoms with Gasteiger partial charge in [-0.25, -0.2) is 0 Å². The highest BCUT2D eigenvalue weighted by atomic mass is 35.5. The van der Waals surface area contributed by atoms with Gasteiger partial charge in [-0.15, -0.1) is 22.9 Å². The number of benzene rings is 1. The van der Waals surface area contributed by atoms with E-state index in [4.69, 9.17) is 16.3 Å². The van der Waals surface area contributed by atoms with Crippen LogP contribution in [0.15, 0.2) is 35.7 Å². The molecule has 0 spiro atoms. The van der Waals surface area contributed by atoms with E-state index in [1.54, 1.807) is 18.4 Å². The predicted octanol–water partition coefficient (Wildman–Crippen LogP) is 4.50. The van der Waals surface area contributed by atoms with Crippen LogP contribution in [0.3, 0.4) is 0 Å². The maximum Gasteiger partial charge on any atom is 0.230 e. The van der Waals surface area contributed by atoms with Crippen LogP contribution in [0.25, 0.3) is 0 Å². The van der Waals surface area contributed by atoms with Gasteiger partial charge in [0.05, 0.1) is 18.6 Å². The molecule has 24 heavy (non-hydrogen) atoms. The van der Waals surface area contributed by atoms with Gasteiger partial charge < -0.3 is 9.64 Å². The van der Waals surface area contributed by atoms with Crippen LogP contribution >= 0.6 is 22.9 Å². The van der Waals surface area contributed by atoms with Gasteiger partial charge in [0.15, 0.2) is 0 Å². The van der Waals surface area contributed by atoms with Gasteiger partial charge in [-0.1, -0.05) is 12.1 Å². The quantitative estimate of drug-likeness (QED) is 0.749. The monoisotopic (exact) mass is 363 g/mol. The average molecular weight is 364 g/mol. The Hall–Kier alpha value is -1.52. The lowest BCUT2D eigenvalue weighted by Crippen LogP contribution is -2.47. The second-order valence-corrected chi connectivity index (χ2v) is 8.01. The van der Waals surface area contributed by atoms with Crippen molar-refractivity contribution in [3.63, 3.8) is 0 Å². The molecule has 2 aromatic rings. The number of alkyl halides is 1. The van der Waals surface area contributed by atoms with E-state index in [1.807, 2.05) is 43.0 Å². The third-order valence-corrected chi connectivity index (χ3v) is 6.24. The fourth-order valence-electron chi connectivity index (χ4n) is 3.13. The van der Waals surface area contributed by atoms with Crippen molar-refractivity contribution >= 4 is 28.8 Å². The van der Waals surface area contributed by atoms with Crippen molar-refractivity contribution in [2.24, 2.45) is 5.41 Å². The lowest BCUT2D eigenvalue weighted by Gasteiger charge is -2.40. The first-order valence-corrected chi connectivity index (χ1v) is 9.46. The Morgan fingerprint density at radius 1 is 1.33 bits per heavy atom. The fourth-order valence-corrected chi connectivity index (χ4v) is 4.14. The fraction of sp³-hybridized carbons (Fsp3) is 0.421. The topological polar surface area (TPSA) is 29.5 Å². The molecule has 2 heterocycles. The van der Waals surface area contributed by atoms with Crippen molar-refractivity contribution in [3.05, 3.63) is 51.7 Å². The van der Waals surface area contributed by atoms with Crippen molar-refractivity contribution < 1.29 is 9.53 Å². The van der Waals surface area contributed by atoms with Gasteiger partial charge in [-0.3, -0.25) is 4.79 Å². The molecule has 3 rings (SSSR count). The number of fused-ring (bicyclic) bond motifs is 1. The van der Waals surface area contributed by atoms with E-state index in [-0.39, 0.29) is 11.9 Å². The molecule has 0 saturated carbocycles. The summed E-state index contributed by atoms with van der Waals surface area (Å²) in [5.74, 6) is 1.24. The minimum Gasteiger partial charge on any atom is -0.497 e. The van der Waals surface area contributed by atoms with Crippen LogP contribution < -0.4 is 4.74 Å². The average Bonchev–Trinajstić information content (AvgIpc) is 3.09. The van der Waals surface area contributed by atoms with Crippen LogP contribution in [0, 0.1) is 5.41 Å². The summed E-state index contributed by atoms with van der Waals surface area (Å²) in [5.41, 5.74) is 1.77. The molecular weight excluding hydrogens is 342 g/mol. The molecule has 0 radical (unpaired) electrons. The zero-order valence-electron chi connectivity index (χ0n) is 14.2. The molecule has 0 unspecified atom stereocenters. The summed E-state index contributed by atoms with van der Waals surface area (Å²) >= 11 is 7.83. The van der Waals surface area contributed by atoms with Crippen molar-refractivity contribution in [1.29, 1.82) is 0 Å². The Morgan fingerprint density at radius 3 is 2.67 bits per heavy atom. The summed E-state index contributed by atoms with van der Waals surface area (Å²) in [4.78, 5) is 16.5. The first kappa shape index (κ1) is 17.3. The van der Waals surface area contributed by atoms with Gasteiger partial charge >= 0.3 is 0 Å². The van der Waals surface area contributed by atoms with Crippen molar-refractivity contribution in [1.82, 2.24) is 4.90 Å². The van der Waals surface area contributed by atoms with Crippen LogP contribution in [0.4, 0.5) is 0 Å². The molecule has 1 aliphatic rings. The highest BCUT2D eigenvalue weighted by Gasteiger charge is 2.39. The Kier molecular flexibility index (Phi) is 4.88. The number of amides is 1. The summed E-state index contributed by atoms with van der Waals surface area (Å²) < 4.78 is 5.26. The Morgan fingerprint density at radius 2 is 2.04 bits per heavy atom. The highest BCUT2D eigenvalue weighted by Crippen LogP contribution is 2.40. The van der Waals surface area contributed by atoms with E-state index in [9.17, 15) is 4.79 Å². The number of methoxy groups -OCH3 is 1. The van der Waals surface area contributed by atoms with E-state index >= 15 is 0 Å². The number of carbonyl (C=O) groups is 1. The van der Waals surface area contributed by atoms with Crippen LogP contribution in [0.5, 0.6) is 5.75 Å². The first-order chi connectivity index (χ1) is 11.5. The molecule has 1 amide bonds. The van der Waals surface area contributed by atoms with Crippen molar-refractivity contribution in [3.8, 4) is 5.75 Å². The van der Waals surface area contributed by atoms with Crippen LogP contribution in [-0.2, 0) is 11.2 Å². The van der Waals surface area contributed by atoms with E-state index in [0.29, 0.717) is 5.88 Å². The molecule has 0 bridgehead atoms. The number of thiophene rings is 1. The standard InChI is InChI=1S/C19H22ClNO2S/c1-19(2,12-20)18(22)21-10-8-16-15(9-11-24-16)17(21)13-4-6-14(23-3)7-5-13/h4-7,9,11,17H,8,10,12H2,1-3H3/t17-/m0/s1. The summed E-state index contributed by atoms with van der Waals surface area (Å²) in [6.45, 7) is 4.55. The van der Waals surface area contributed by atoms with Crippen LogP contribution in [0.1, 0.15) is 35.9 Å². The lowest BCUT2D eigenvalue weighted by molar-refractivity contribution is -0.141. The predicted molar refractivity (Wildman–Crippen MR) is 99.1 cm³/mol. The zero-order valence-corrected chi connectivity index (χ0v) is 15.8. The molecule has 1 aromatic carbocycles. The second-order valence-electron chi connectivity index (χ2n) is 6.74. The molecule has 128 valence electrons. The Balaban J connectivity index is 2.03. The maximum absolute atomic E-state index is 13.1. The number of nitrogens with zero attached hydrogens (tertiary/aromatic N) is 1. The molecule has 1 atom stereocenters. The van der Waals surface area contributed by atoms with Crippen LogP contribution in [0.2, 0.25) is 0 Å². The molecule has 1 aliphatic heterocycles. The Labute approximate surface area is 152 Å². The van der Waals surface area contributed by atoms with Gasteiger partial charge in [-0.05, 0) is 55.0 Å². The minimum atomic E-state index is -0.570. The number of rotatable bonds is 4. The van der Waals surface area contributed by atoms with E-state index in [0.717, 1.165) is 24.3 Å². The molecule has 0 aliphatic carbocycles. The molecule has 1 aromatic heterocycles. The maximum atomic E-state index is 13.1. The summed E-state index contributed by atoms with van der Waals surface area (Å²) in [7, 11) is 1.66. The zero-order chi connectivity index (χ0) is 17.3. The Bertz CT molecular complexity index is 723. The SMILES string of the molecule is COc1ccc([C@H]2c3ccsc3CCN2C(=O)C(C)(C)CCl)cc1. The van der Waals surface area contributed by atoms with Gasteiger partial charge in [-0.2, -0.15) is 0 Å². The largest absolute Gasteiger partial charge is 0.497 e. The van der Waals surface area contributed by atoms with E-state index < -0.39 is 5.41 Å². The summed E-state index contributed by atoms with van der Waals surface area (Å²) in [5, 5.41) is 2.11. The van der Waals surface area contributed by atoms with Gasteiger partial charge in [0.2, 0.25) is 5.91 Å². The third kappa shape index (κ3) is 3.05. The van der Waals surface area contributed by atoms with Gasteiger partial charge in [0, 0.05) is 17.3 Å². The normalized spacial score (nSPS) is 17.5. The van der Waals surface area contributed by atoms with Crippen molar-refractivity contribution in [2.45, 2.75) is 26.3 Å². The first-order valence-electron chi connectivity index (χ1n) is 8.05. The third-order valence-electron chi connectivity index (χ3n) is 4.57. The van der Waals surface area contributed by atoms with Crippen molar-refractivity contribution in [2.75, 3.05) is 19.5 Å². The molecule has 0 saturated heterocycles. The number of halogens is 1. The summed E-state index contributed by atoms with van der Waals surface area (Å²) in [6.07, 6.45) is 0.907.